The van der Waals surface area contributed by atoms with Crippen molar-refractivity contribution in [3.05, 3.63) is 20.8 Å². The second-order valence-electron chi connectivity index (χ2n) is 3.56. The van der Waals surface area contributed by atoms with Gasteiger partial charge in [0.1, 0.15) is 0 Å². The van der Waals surface area contributed by atoms with Crippen LogP contribution in [0.2, 0.25) is 0 Å². The van der Waals surface area contributed by atoms with Crippen molar-refractivity contribution in [3.8, 4) is 0 Å². The summed E-state index contributed by atoms with van der Waals surface area (Å²) < 4.78 is 5.52. The van der Waals surface area contributed by atoms with Gasteiger partial charge in [-0.05, 0) is 34.3 Å². The lowest BCUT2D eigenvalue weighted by Gasteiger charge is -2.20. The first kappa shape index (κ1) is 13.6. The zero-order valence-electron chi connectivity index (χ0n) is 9.12. The van der Waals surface area contributed by atoms with Gasteiger partial charge in [-0.25, -0.2) is 4.79 Å². The molecule has 6 heteroatoms. The maximum atomic E-state index is 11.2. The summed E-state index contributed by atoms with van der Waals surface area (Å²) in [7, 11) is 1.26. The third-order valence-corrected chi connectivity index (χ3v) is 4.00. The summed E-state index contributed by atoms with van der Waals surface area (Å²) in [6.45, 7) is 2.19. The number of halogens is 1. The summed E-state index contributed by atoms with van der Waals surface area (Å²) >= 11 is 5.01. The molecule has 16 heavy (non-hydrogen) atoms. The molecule has 0 amide bonds. The van der Waals surface area contributed by atoms with Crippen LogP contribution in [0.15, 0.2) is 15.9 Å². The van der Waals surface area contributed by atoms with Crippen LogP contribution in [0, 0.1) is 0 Å². The van der Waals surface area contributed by atoms with Crippen molar-refractivity contribution in [3.63, 3.8) is 0 Å². The smallest absolute Gasteiger partial charge is 0.338 e. The Balaban J connectivity index is 2.41. The van der Waals surface area contributed by atoms with E-state index in [0.29, 0.717) is 6.54 Å². The Morgan fingerprint density at radius 2 is 2.44 bits per heavy atom. The fourth-order valence-electron chi connectivity index (χ4n) is 1.16. The van der Waals surface area contributed by atoms with Gasteiger partial charge in [0.25, 0.3) is 0 Å². The molecule has 1 aromatic heterocycles. The Morgan fingerprint density at radius 3 is 2.94 bits per heavy atom. The van der Waals surface area contributed by atoms with Crippen LogP contribution in [-0.4, -0.2) is 30.3 Å². The monoisotopic (exact) mass is 307 g/mol. The molecule has 1 rings (SSSR count). The van der Waals surface area contributed by atoms with Crippen LogP contribution in [0.4, 0.5) is 0 Å². The summed E-state index contributed by atoms with van der Waals surface area (Å²) in [6.07, 6.45) is 0. The predicted molar refractivity (Wildman–Crippen MR) is 66.4 cm³/mol. The van der Waals surface area contributed by atoms with E-state index in [0.717, 1.165) is 9.35 Å². The number of esters is 1. The highest BCUT2D eigenvalue weighted by Gasteiger charge is 2.30. The van der Waals surface area contributed by atoms with Crippen LogP contribution in [-0.2, 0) is 16.1 Å². The van der Waals surface area contributed by atoms with Gasteiger partial charge in [0.05, 0.1) is 7.11 Å². The quantitative estimate of drug-likeness (QED) is 0.810. The minimum absolute atomic E-state index is 0.157. The summed E-state index contributed by atoms with van der Waals surface area (Å²) in [5.74, 6) is -0.634. The van der Waals surface area contributed by atoms with E-state index in [2.05, 4.69) is 26.0 Å². The second kappa shape index (κ2) is 5.77. The van der Waals surface area contributed by atoms with E-state index in [1.165, 1.54) is 14.0 Å². The number of thiophene rings is 1. The number of nitrogens with one attached hydrogen (secondary N) is 1. The number of ether oxygens (including phenoxy) is 1. The molecule has 1 heterocycles. The highest BCUT2D eigenvalue weighted by Crippen LogP contribution is 2.22. The molecule has 0 fully saturated rings. The Morgan fingerprint density at radius 1 is 1.75 bits per heavy atom. The first-order chi connectivity index (χ1) is 7.47. The highest BCUT2D eigenvalue weighted by molar-refractivity contribution is 9.10. The normalized spacial score (nSPS) is 14.5. The molecule has 0 saturated heterocycles. The topological polar surface area (TPSA) is 58.6 Å². The first-order valence-corrected chi connectivity index (χ1v) is 6.38. The number of aliphatic hydroxyl groups is 1. The molecule has 1 atom stereocenters. The van der Waals surface area contributed by atoms with E-state index in [9.17, 15) is 9.90 Å². The number of rotatable bonds is 5. The van der Waals surface area contributed by atoms with E-state index in [1.54, 1.807) is 11.3 Å². The standard InChI is InChI=1S/C10H14BrNO3S/c1-10(14,9(13)15-2)6-12-5-8-7(11)3-4-16-8/h3-4,12,14H,5-6H2,1-2H3. The number of hydrogen-bond donors (Lipinski definition) is 2. The highest BCUT2D eigenvalue weighted by atomic mass is 79.9. The van der Waals surface area contributed by atoms with Crippen molar-refractivity contribution in [2.75, 3.05) is 13.7 Å². The molecule has 0 aliphatic rings. The zero-order chi connectivity index (χ0) is 12.2. The van der Waals surface area contributed by atoms with Crippen molar-refractivity contribution in [2.45, 2.75) is 19.1 Å². The number of carbonyl (C=O) groups is 1. The molecule has 4 nitrogen and oxygen atoms in total. The van der Waals surface area contributed by atoms with E-state index in [4.69, 9.17) is 0 Å². The minimum atomic E-state index is -1.49. The van der Waals surface area contributed by atoms with Crippen molar-refractivity contribution in [1.82, 2.24) is 5.32 Å². The van der Waals surface area contributed by atoms with E-state index in [1.807, 2.05) is 11.4 Å². The maximum absolute atomic E-state index is 11.2. The molecule has 1 aromatic rings. The Labute approximate surface area is 107 Å². The van der Waals surface area contributed by atoms with E-state index < -0.39 is 11.6 Å². The molecular weight excluding hydrogens is 294 g/mol. The summed E-state index contributed by atoms with van der Waals surface area (Å²) in [6, 6.07) is 1.96. The molecule has 0 aromatic carbocycles. The van der Waals surface area contributed by atoms with Crippen LogP contribution < -0.4 is 5.32 Å². The van der Waals surface area contributed by atoms with Gasteiger partial charge in [-0.15, -0.1) is 11.3 Å². The van der Waals surface area contributed by atoms with E-state index >= 15 is 0 Å². The second-order valence-corrected chi connectivity index (χ2v) is 5.42. The van der Waals surface area contributed by atoms with Gasteiger partial charge in [0.2, 0.25) is 0 Å². The van der Waals surface area contributed by atoms with Gasteiger partial charge in [0, 0.05) is 22.4 Å². The minimum Gasteiger partial charge on any atom is -0.467 e. The average Bonchev–Trinajstić information content (AvgIpc) is 2.63. The number of methoxy groups -OCH3 is 1. The molecule has 0 aliphatic carbocycles. The maximum Gasteiger partial charge on any atom is 0.338 e. The molecule has 1 unspecified atom stereocenters. The van der Waals surface area contributed by atoms with Gasteiger partial charge in [-0.2, -0.15) is 0 Å². The summed E-state index contributed by atoms with van der Waals surface area (Å²) in [5.41, 5.74) is -1.49. The molecule has 0 bridgehead atoms. The molecule has 0 saturated carbocycles. The fourth-order valence-corrected chi connectivity index (χ4v) is 2.62. The van der Waals surface area contributed by atoms with Crippen LogP contribution >= 0.6 is 27.3 Å². The zero-order valence-corrected chi connectivity index (χ0v) is 11.5. The molecule has 0 radical (unpaired) electrons. The predicted octanol–water partition coefficient (Wildman–Crippen LogP) is 1.52. The third-order valence-electron chi connectivity index (χ3n) is 2.07. The van der Waals surface area contributed by atoms with Gasteiger partial charge < -0.3 is 15.2 Å². The van der Waals surface area contributed by atoms with Crippen molar-refractivity contribution >= 4 is 33.2 Å². The molecular formula is C10H14BrNO3S. The lowest BCUT2D eigenvalue weighted by molar-refractivity contribution is -0.159. The van der Waals surface area contributed by atoms with Gasteiger partial charge >= 0.3 is 5.97 Å². The largest absolute Gasteiger partial charge is 0.467 e. The van der Waals surface area contributed by atoms with Crippen LogP contribution in [0.3, 0.4) is 0 Å². The van der Waals surface area contributed by atoms with Gasteiger partial charge in [-0.3, -0.25) is 0 Å². The number of hydrogen-bond acceptors (Lipinski definition) is 5. The fraction of sp³-hybridized carbons (Fsp3) is 0.500. The Hall–Kier alpha value is -0.430. The average molecular weight is 308 g/mol. The molecule has 2 N–H and O–H groups in total. The van der Waals surface area contributed by atoms with Crippen molar-refractivity contribution in [2.24, 2.45) is 0 Å². The van der Waals surface area contributed by atoms with Gasteiger partial charge in [-0.1, -0.05) is 0 Å². The molecule has 0 aliphatic heterocycles. The lowest BCUT2D eigenvalue weighted by atomic mass is 10.1. The molecule has 90 valence electrons. The van der Waals surface area contributed by atoms with E-state index in [-0.39, 0.29) is 6.54 Å². The summed E-state index contributed by atoms with van der Waals surface area (Å²) in [5, 5.41) is 14.7. The number of carbonyl (C=O) groups excluding carboxylic acids is 1. The van der Waals surface area contributed by atoms with Crippen molar-refractivity contribution < 1.29 is 14.6 Å². The molecule has 0 spiro atoms. The Bertz CT molecular complexity index is 365. The summed E-state index contributed by atoms with van der Waals surface area (Å²) in [4.78, 5) is 12.3. The van der Waals surface area contributed by atoms with Crippen LogP contribution in [0.1, 0.15) is 11.8 Å². The van der Waals surface area contributed by atoms with Crippen LogP contribution in [0.25, 0.3) is 0 Å². The van der Waals surface area contributed by atoms with Crippen LogP contribution in [0.5, 0.6) is 0 Å². The van der Waals surface area contributed by atoms with Gasteiger partial charge in [0.15, 0.2) is 5.60 Å². The first-order valence-electron chi connectivity index (χ1n) is 4.71. The SMILES string of the molecule is COC(=O)C(C)(O)CNCc1sccc1Br. The third kappa shape index (κ3) is 3.55. The lowest BCUT2D eigenvalue weighted by Crippen LogP contribution is -2.45. The Kier molecular flexibility index (Phi) is 4.91. The van der Waals surface area contributed by atoms with Crippen molar-refractivity contribution in [1.29, 1.82) is 0 Å².